The monoisotopic (exact) mass is 271 g/mol. The van der Waals surface area contributed by atoms with Gasteiger partial charge in [-0.1, -0.05) is 0 Å². The number of thiophene rings is 1. The third-order valence-electron chi connectivity index (χ3n) is 1.92. The van der Waals surface area contributed by atoms with Gasteiger partial charge in [0.1, 0.15) is 0 Å². The number of carbonyl (C=O) groups excluding carboxylic acids is 1. The van der Waals surface area contributed by atoms with E-state index < -0.39 is 0 Å². The van der Waals surface area contributed by atoms with E-state index in [1.807, 2.05) is 18.2 Å². The molecule has 0 aliphatic heterocycles. The van der Waals surface area contributed by atoms with Crippen LogP contribution in [0.5, 0.6) is 0 Å². The highest BCUT2D eigenvalue weighted by Gasteiger charge is 2.21. The van der Waals surface area contributed by atoms with Gasteiger partial charge < -0.3 is 5.32 Å². The summed E-state index contributed by atoms with van der Waals surface area (Å²) >= 11 is 4.99. The van der Waals surface area contributed by atoms with E-state index in [4.69, 9.17) is 0 Å². The number of amides is 1. The molecule has 2 nitrogen and oxygen atoms in total. The number of rotatable bonds is 3. The fourth-order valence-electron chi connectivity index (χ4n) is 1.05. The number of carbonyl (C=O) groups is 1. The van der Waals surface area contributed by atoms with Gasteiger partial charge in [-0.3, -0.25) is 4.79 Å². The summed E-state index contributed by atoms with van der Waals surface area (Å²) in [6, 6.07) is 4.39. The molecule has 1 N–H and O–H groups in total. The molecule has 74 valence electrons. The molecule has 0 aromatic carbocycles. The van der Waals surface area contributed by atoms with Gasteiger partial charge in [0.15, 0.2) is 0 Å². The van der Waals surface area contributed by atoms with Crippen molar-refractivity contribution in [2.24, 2.45) is 0 Å². The molecule has 2 rings (SSSR count). The first kappa shape index (κ1) is 9.93. The Bertz CT molecular complexity index is 368. The van der Waals surface area contributed by atoms with E-state index >= 15 is 0 Å². The van der Waals surface area contributed by atoms with E-state index in [2.05, 4.69) is 21.2 Å². The highest BCUT2D eigenvalue weighted by Crippen LogP contribution is 2.23. The molecule has 1 aliphatic carbocycles. The van der Waals surface area contributed by atoms with Crippen LogP contribution < -0.4 is 5.32 Å². The smallest absolute Gasteiger partial charge is 0.244 e. The lowest BCUT2D eigenvalue weighted by molar-refractivity contribution is -0.116. The predicted octanol–water partition coefficient (Wildman–Crippen LogP) is 2.80. The highest BCUT2D eigenvalue weighted by atomic mass is 79.9. The summed E-state index contributed by atoms with van der Waals surface area (Å²) in [4.78, 5) is 12.4. The molecule has 1 heterocycles. The van der Waals surface area contributed by atoms with E-state index in [1.165, 1.54) is 0 Å². The second-order valence-corrected chi connectivity index (χ2v) is 5.75. The van der Waals surface area contributed by atoms with Crippen molar-refractivity contribution in [3.63, 3.8) is 0 Å². The van der Waals surface area contributed by atoms with Crippen LogP contribution in [0.1, 0.15) is 17.7 Å². The maximum atomic E-state index is 11.3. The van der Waals surface area contributed by atoms with Crippen molar-refractivity contribution < 1.29 is 4.79 Å². The van der Waals surface area contributed by atoms with Gasteiger partial charge in [-0.15, -0.1) is 11.3 Å². The standard InChI is InChI=1S/C10H10BrNOS/c11-9-5-3-8(14-9)4-6-10(13)12-7-1-2-7/h3-7H,1-2H2,(H,12,13)/b6-4-. The lowest BCUT2D eigenvalue weighted by Gasteiger charge is -1.95. The lowest BCUT2D eigenvalue weighted by atomic mass is 10.4. The molecule has 1 saturated carbocycles. The van der Waals surface area contributed by atoms with Crippen LogP contribution in [0.3, 0.4) is 0 Å². The summed E-state index contributed by atoms with van der Waals surface area (Å²) in [5.74, 6) is 0.0111. The van der Waals surface area contributed by atoms with Crippen molar-refractivity contribution in [3.05, 3.63) is 26.9 Å². The van der Waals surface area contributed by atoms with Crippen molar-refractivity contribution in [1.29, 1.82) is 0 Å². The van der Waals surface area contributed by atoms with Gasteiger partial charge in [-0.05, 0) is 47.0 Å². The van der Waals surface area contributed by atoms with Gasteiger partial charge in [0.25, 0.3) is 0 Å². The van der Waals surface area contributed by atoms with Crippen molar-refractivity contribution in [1.82, 2.24) is 5.32 Å². The number of halogens is 1. The van der Waals surface area contributed by atoms with Crippen molar-refractivity contribution >= 4 is 39.2 Å². The summed E-state index contributed by atoms with van der Waals surface area (Å²) in [6.07, 6.45) is 5.69. The minimum absolute atomic E-state index is 0.0111. The van der Waals surface area contributed by atoms with E-state index in [0.717, 1.165) is 21.5 Å². The molecule has 1 aromatic heterocycles. The Balaban J connectivity index is 1.88. The van der Waals surface area contributed by atoms with Gasteiger partial charge in [0.2, 0.25) is 5.91 Å². The van der Waals surface area contributed by atoms with E-state index in [0.29, 0.717) is 6.04 Å². The average Bonchev–Trinajstić information content (AvgIpc) is 2.85. The second kappa shape index (κ2) is 4.28. The molecule has 0 radical (unpaired) electrons. The zero-order chi connectivity index (χ0) is 9.97. The third kappa shape index (κ3) is 2.96. The Labute approximate surface area is 95.1 Å². The molecule has 4 heteroatoms. The van der Waals surface area contributed by atoms with Gasteiger partial charge in [-0.25, -0.2) is 0 Å². The molecule has 0 atom stereocenters. The maximum Gasteiger partial charge on any atom is 0.244 e. The first-order valence-corrected chi connectivity index (χ1v) is 6.09. The molecule has 0 bridgehead atoms. The first-order chi connectivity index (χ1) is 6.74. The minimum atomic E-state index is 0.0111. The Morgan fingerprint density at radius 1 is 1.57 bits per heavy atom. The van der Waals surface area contributed by atoms with Crippen LogP contribution in [0, 0.1) is 0 Å². The molecule has 1 fully saturated rings. The molecule has 0 unspecified atom stereocenters. The van der Waals surface area contributed by atoms with E-state index in [9.17, 15) is 4.79 Å². The fourth-order valence-corrected chi connectivity index (χ4v) is 2.38. The van der Waals surface area contributed by atoms with Gasteiger partial charge in [0.05, 0.1) is 3.79 Å². The van der Waals surface area contributed by atoms with Crippen LogP contribution in [-0.2, 0) is 4.79 Å². The molecular weight excluding hydrogens is 262 g/mol. The topological polar surface area (TPSA) is 29.1 Å². The summed E-state index contributed by atoms with van der Waals surface area (Å²) in [6.45, 7) is 0. The highest BCUT2D eigenvalue weighted by molar-refractivity contribution is 9.11. The number of nitrogens with one attached hydrogen (secondary N) is 1. The molecule has 1 amide bonds. The van der Waals surface area contributed by atoms with E-state index in [-0.39, 0.29) is 5.91 Å². The Morgan fingerprint density at radius 3 is 2.93 bits per heavy atom. The van der Waals surface area contributed by atoms with Crippen molar-refractivity contribution in [2.45, 2.75) is 18.9 Å². The second-order valence-electron chi connectivity index (χ2n) is 3.26. The SMILES string of the molecule is O=C(/C=C\c1ccc(Br)s1)NC1CC1. The van der Waals surface area contributed by atoms with E-state index in [1.54, 1.807) is 17.4 Å². The first-order valence-electron chi connectivity index (χ1n) is 4.48. The lowest BCUT2D eigenvalue weighted by Crippen LogP contribution is -2.22. The quantitative estimate of drug-likeness (QED) is 0.842. The summed E-state index contributed by atoms with van der Waals surface area (Å²) in [5, 5.41) is 2.90. The van der Waals surface area contributed by atoms with Gasteiger partial charge in [-0.2, -0.15) is 0 Å². The summed E-state index contributed by atoms with van der Waals surface area (Å²) < 4.78 is 1.08. The van der Waals surface area contributed by atoms with Gasteiger partial charge >= 0.3 is 0 Å². The Morgan fingerprint density at radius 2 is 2.36 bits per heavy atom. The molecule has 1 aliphatic rings. The summed E-state index contributed by atoms with van der Waals surface area (Å²) in [5.41, 5.74) is 0. The molecule has 14 heavy (non-hydrogen) atoms. The number of hydrogen-bond acceptors (Lipinski definition) is 2. The van der Waals surface area contributed by atoms with Crippen LogP contribution in [0.4, 0.5) is 0 Å². The molecule has 0 saturated heterocycles. The van der Waals surface area contributed by atoms with Gasteiger partial charge in [0, 0.05) is 17.0 Å². The van der Waals surface area contributed by atoms with Crippen molar-refractivity contribution in [2.75, 3.05) is 0 Å². The average molecular weight is 272 g/mol. The summed E-state index contributed by atoms with van der Waals surface area (Å²) in [7, 11) is 0. The zero-order valence-electron chi connectivity index (χ0n) is 7.50. The number of hydrogen-bond donors (Lipinski definition) is 1. The van der Waals surface area contributed by atoms with Crippen LogP contribution in [-0.4, -0.2) is 11.9 Å². The van der Waals surface area contributed by atoms with Crippen molar-refractivity contribution in [3.8, 4) is 0 Å². The Kier molecular flexibility index (Phi) is 3.03. The molecule has 0 spiro atoms. The maximum absolute atomic E-state index is 11.3. The van der Waals surface area contributed by atoms with Crippen LogP contribution in [0.25, 0.3) is 6.08 Å². The minimum Gasteiger partial charge on any atom is -0.350 e. The normalized spacial score (nSPS) is 16.1. The van der Waals surface area contributed by atoms with Crippen LogP contribution in [0.2, 0.25) is 0 Å². The zero-order valence-corrected chi connectivity index (χ0v) is 9.90. The van der Waals surface area contributed by atoms with Crippen LogP contribution >= 0.6 is 27.3 Å². The van der Waals surface area contributed by atoms with Crippen LogP contribution in [0.15, 0.2) is 22.0 Å². The largest absolute Gasteiger partial charge is 0.350 e. The third-order valence-corrected chi connectivity index (χ3v) is 3.51. The predicted molar refractivity (Wildman–Crippen MR) is 62.2 cm³/mol. The molecular formula is C10H10BrNOS. The Hall–Kier alpha value is -0.610. The molecule has 1 aromatic rings. The fraction of sp³-hybridized carbons (Fsp3) is 0.300.